The third kappa shape index (κ3) is 2.78. The highest BCUT2D eigenvalue weighted by molar-refractivity contribution is 5.76. The Morgan fingerprint density at radius 3 is 2.12 bits per heavy atom. The Morgan fingerprint density at radius 2 is 1.47 bits per heavy atom. The molecular formula is C29H46O3. The van der Waals surface area contributed by atoms with Crippen molar-refractivity contribution in [3.63, 3.8) is 0 Å². The molecule has 0 radical (unpaired) electrons. The molecule has 0 saturated heterocycles. The molecule has 5 aliphatic rings. The second kappa shape index (κ2) is 6.64. The first-order chi connectivity index (χ1) is 14.7. The van der Waals surface area contributed by atoms with Gasteiger partial charge in [-0.3, -0.25) is 4.79 Å². The monoisotopic (exact) mass is 442 g/mol. The lowest BCUT2D eigenvalue weighted by Crippen LogP contribution is -2.63. The summed E-state index contributed by atoms with van der Waals surface area (Å²) in [4.78, 5) is 12.8. The zero-order valence-electron chi connectivity index (χ0n) is 21.4. The standard InChI is InChI=1S/C29H46O3/c1-24(2)16-17-29(23(30)31)15-10-20-26(4)14-9-21-25(3,11-7-12-28(21,6)32)19(26)8-13-27(20,5)22(29)18-24/h10,19,21-22,32H,7-9,11-18H2,1-6H3,(H,30,31)/t19-,21-,22+,25-,26-,27-,28+,29-/m1/s1. The van der Waals surface area contributed by atoms with E-state index >= 15 is 0 Å². The second-order valence-electron chi connectivity index (χ2n) is 14.4. The van der Waals surface area contributed by atoms with Gasteiger partial charge in [-0.1, -0.05) is 52.7 Å². The molecule has 0 heterocycles. The topological polar surface area (TPSA) is 57.5 Å². The summed E-state index contributed by atoms with van der Waals surface area (Å²) in [5.41, 5.74) is 1.01. The van der Waals surface area contributed by atoms with Gasteiger partial charge in [-0.05, 0) is 111 Å². The van der Waals surface area contributed by atoms with E-state index in [2.05, 4.69) is 47.6 Å². The minimum absolute atomic E-state index is 0.0139. The maximum atomic E-state index is 12.8. The summed E-state index contributed by atoms with van der Waals surface area (Å²) in [5, 5.41) is 21.8. The first kappa shape index (κ1) is 22.9. The van der Waals surface area contributed by atoms with Gasteiger partial charge in [0.15, 0.2) is 0 Å². The number of carbonyl (C=O) groups is 1. The lowest BCUT2D eigenvalue weighted by Gasteiger charge is -2.69. The molecule has 0 unspecified atom stereocenters. The Bertz CT molecular complexity index is 854. The van der Waals surface area contributed by atoms with Gasteiger partial charge in [0.05, 0.1) is 11.0 Å². The Balaban J connectivity index is 1.59. The Hall–Kier alpha value is -0.830. The lowest BCUT2D eigenvalue weighted by molar-refractivity contribution is -0.190. The van der Waals surface area contributed by atoms with Crippen LogP contribution >= 0.6 is 0 Å². The third-order valence-electron chi connectivity index (χ3n) is 12.2. The van der Waals surface area contributed by atoms with E-state index in [-0.39, 0.29) is 27.6 Å². The number of hydrogen-bond donors (Lipinski definition) is 2. The molecule has 2 N–H and O–H groups in total. The first-order valence-electron chi connectivity index (χ1n) is 13.4. The van der Waals surface area contributed by atoms with Crippen molar-refractivity contribution < 1.29 is 15.0 Å². The lowest BCUT2D eigenvalue weighted by atomic mass is 9.35. The van der Waals surface area contributed by atoms with Crippen molar-refractivity contribution in [2.24, 2.45) is 44.8 Å². The smallest absolute Gasteiger partial charge is 0.310 e. The fraction of sp³-hybridized carbons (Fsp3) is 0.897. The highest BCUT2D eigenvalue weighted by atomic mass is 16.4. The minimum Gasteiger partial charge on any atom is -0.481 e. The van der Waals surface area contributed by atoms with Gasteiger partial charge in [0.25, 0.3) is 0 Å². The number of carboxylic acid groups (broad SMARTS) is 1. The molecule has 32 heavy (non-hydrogen) atoms. The van der Waals surface area contributed by atoms with Gasteiger partial charge in [0.1, 0.15) is 0 Å². The summed E-state index contributed by atoms with van der Waals surface area (Å²) >= 11 is 0. The number of fused-ring (bicyclic) bond motifs is 7. The molecule has 8 atom stereocenters. The van der Waals surface area contributed by atoms with Gasteiger partial charge in [-0.25, -0.2) is 0 Å². The van der Waals surface area contributed by atoms with Crippen LogP contribution in [-0.2, 0) is 4.79 Å². The number of carboxylic acids is 1. The largest absolute Gasteiger partial charge is 0.481 e. The van der Waals surface area contributed by atoms with Crippen LogP contribution in [0, 0.1) is 44.8 Å². The molecular weight excluding hydrogens is 396 g/mol. The molecule has 0 aliphatic heterocycles. The van der Waals surface area contributed by atoms with E-state index in [4.69, 9.17) is 0 Å². The number of aliphatic hydroxyl groups is 1. The van der Waals surface area contributed by atoms with Crippen LogP contribution in [0.4, 0.5) is 0 Å². The van der Waals surface area contributed by atoms with Gasteiger partial charge in [0, 0.05) is 0 Å². The van der Waals surface area contributed by atoms with E-state index in [0.29, 0.717) is 18.3 Å². The maximum Gasteiger partial charge on any atom is 0.310 e. The first-order valence-corrected chi connectivity index (χ1v) is 13.4. The van der Waals surface area contributed by atoms with Gasteiger partial charge in [-0.2, -0.15) is 0 Å². The van der Waals surface area contributed by atoms with Crippen molar-refractivity contribution in [3.05, 3.63) is 11.6 Å². The van der Waals surface area contributed by atoms with Crippen LogP contribution in [0.25, 0.3) is 0 Å². The molecule has 0 spiro atoms. The SMILES string of the molecule is CC1(C)CC[C@]2(C(=O)O)CC=C3[C@]4(C)CC[C@@H]5[C@](C)(CCC[C@]5(C)O)[C@H]4CC[C@@]3(C)[C@@H]2C1. The van der Waals surface area contributed by atoms with Gasteiger partial charge in [-0.15, -0.1) is 0 Å². The quantitative estimate of drug-likeness (QED) is 0.430. The molecule has 4 saturated carbocycles. The predicted octanol–water partition coefficient (Wildman–Crippen LogP) is 6.99. The van der Waals surface area contributed by atoms with E-state index in [1.807, 2.05) is 0 Å². The zero-order chi connectivity index (χ0) is 23.4. The maximum absolute atomic E-state index is 12.8. The minimum atomic E-state index is -0.577. The van der Waals surface area contributed by atoms with Gasteiger partial charge >= 0.3 is 5.97 Å². The molecule has 3 nitrogen and oxygen atoms in total. The molecule has 4 fully saturated rings. The van der Waals surface area contributed by atoms with Crippen molar-refractivity contribution >= 4 is 5.97 Å². The van der Waals surface area contributed by atoms with E-state index in [9.17, 15) is 15.0 Å². The van der Waals surface area contributed by atoms with Crippen molar-refractivity contribution in [2.75, 3.05) is 0 Å². The summed E-state index contributed by atoms with van der Waals surface area (Å²) in [6.07, 6.45) is 13.8. The van der Waals surface area contributed by atoms with Crippen molar-refractivity contribution in [1.82, 2.24) is 0 Å². The molecule has 5 aliphatic carbocycles. The molecule has 0 aromatic heterocycles. The van der Waals surface area contributed by atoms with Crippen molar-refractivity contribution in [3.8, 4) is 0 Å². The van der Waals surface area contributed by atoms with Crippen LogP contribution < -0.4 is 0 Å². The normalized spacial score (nSPS) is 54.3. The molecule has 0 amide bonds. The Kier molecular flexibility index (Phi) is 4.76. The molecule has 5 rings (SSSR count). The molecule has 0 aromatic rings. The Morgan fingerprint density at radius 1 is 0.844 bits per heavy atom. The summed E-state index contributed by atoms with van der Waals surface area (Å²) in [6, 6.07) is 0. The Labute approximate surface area is 195 Å². The summed E-state index contributed by atoms with van der Waals surface area (Å²) in [7, 11) is 0. The number of hydrogen-bond acceptors (Lipinski definition) is 2. The number of allylic oxidation sites excluding steroid dienone is 2. The summed E-state index contributed by atoms with van der Waals surface area (Å²) in [6.45, 7) is 14.2. The molecule has 0 aromatic carbocycles. The van der Waals surface area contributed by atoms with E-state index in [1.165, 1.54) is 12.8 Å². The fourth-order valence-corrected chi connectivity index (χ4v) is 10.6. The highest BCUT2D eigenvalue weighted by Gasteiger charge is 2.68. The highest BCUT2D eigenvalue weighted by Crippen LogP contribution is 2.74. The third-order valence-corrected chi connectivity index (χ3v) is 12.2. The molecule has 3 heteroatoms. The summed E-state index contributed by atoms with van der Waals surface area (Å²) in [5.74, 6) is 0.658. The number of aliphatic carboxylic acids is 1. The van der Waals surface area contributed by atoms with Gasteiger partial charge < -0.3 is 10.2 Å². The van der Waals surface area contributed by atoms with Crippen LogP contribution in [0.5, 0.6) is 0 Å². The predicted molar refractivity (Wildman–Crippen MR) is 128 cm³/mol. The van der Waals surface area contributed by atoms with Gasteiger partial charge in [0.2, 0.25) is 0 Å². The van der Waals surface area contributed by atoms with E-state index in [1.54, 1.807) is 5.57 Å². The van der Waals surface area contributed by atoms with Crippen LogP contribution in [0.1, 0.15) is 112 Å². The second-order valence-corrected chi connectivity index (χ2v) is 14.4. The van der Waals surface area contributed by atoms with Crippen LogP contribution in [-0.4, -0.2) is 21.8 Å². The molecule has 0 bridgehead atoms. The van der Waals surface area contributed by atoms with Crippen LogP contribution in [0.15, 0.2) is 11.6 Å². The van der Waals surface area contributed by atoms with Crippen molar-refractivity contribution in [2.45, 2.75) is 118 Å². The fourth-order valence-electron chi connectivity index (χ4n) is 10.6. The van der Waals surface area contributed by atoms with Crippen LogP contribution in [0.2, 0.25) is 0 Å². The summed E-state index contributed by atoms with van der Waals surface area (Å²) < 4.78 is 0. The average molecular weight is 443 g/mol. The number of rotatable bonds is 1. The van der Waals surface area contributed by atoms with E-state index in [0.717, 1.165) is 51.4 Å². The molecule has 180 valence electrons. The van der Waals surface area contributed by atoms with Crippen LogP contribution in [0.3, 0.4) is 0 Å². The zero-order valence-corrected chi connectivity index (χ0v) is 21.4. The van der Waals surface area contributed by atoms with E-state index < -0.39 is 17.0 Å². The van der Waals surface area contributed by atoms with Crippen molar-refractivity contribution in [1.29, 1.82) is 0 Å². The average Bonchev–Trinajstić information content (AvgIpc) is 2.66.